The van der Waals surface area contributed by atoms with Crippen molar-refractivity contribution in [2.24, 2.45) is 0 Å². The van der Waals surface area contributed by atoms with Gasteiger partial charge < -0.3 is 5.32 Å². The number of rotatable bonds is 6. The molecule has 1 N–H and O–H groups in total. The average Bonchev–Trinajstić information content (AvgIpc) is 2.52. The zero-order valence-electron chi connectivity index (χ0n) is 14.0. The van der Waals surface area contributed by atoms with E-state index in [0.29, 0.717) is 15.6 Å². The van der Waals surface area contributed by atoms with E-state index in [2.05, 4.69) is 5.32 Å². The predicted molar refractivity (Wildman–Crippen MR) is 101 cm³/mol. The highest BCUT2D eigenvalue weighted by molar-refractivity contribution is 7.92. The van der Waals surface area contributed by atoms with Crippen LogP contribution in [0.4, 0.5) is 10.1 Å². The minimum Gasteiger partial charge on any atom is -0.350 e. The van der Waals surface area contributed by atoms with Crippen molar-refractivity contribution in [2.75, 3.05) is 10.6 Å². The number of hydrogen-bond donors (Lipinski definition) is 1. The van der Waals surface area contributed by atoms with E-state index in [1.807, 2.05) is 0 Å². The Hall–Kier alpha value is -1.83. The average molecular weight is 419 g/mol. The number of hydrogen-bond acceptors (Lipinski definition) is 3. The SMILES string of the molecule is CC(C(=O)NCc1ccc(Cl)cc1Cl)N(c1cccc(F)c1)S(C)(=O)=O. The van der Waals surface area contributed by atoms with Crippen LogP contribution in [0.5, 0.6) is 0 Å². The molecule has 26 heavy (non-hydrogen) atoms. The van der Waals surface area contributed by atoms with Gasteiger partial charge in [-0.25, -0.2) is 12.8 Å². The second kappa shape index (κ2) is 8.24. The highest BCUT2D eigenvalue weighted by Crippen LogP contribution is 2.23. The van der Waals surface area contributed by atoms with Crippen molar-refractivity contribution in [3.8, 4) is 0 Å². The fourth-order valence-electron chi connectivity index (χ4n) is 2.42. The number of carbonyl (C=O) groups is 1. The zero-order valence-corrected chi connectivity index (χ0v) is 16.4. The van der Waals surface area contributed by atoms with Gasteiger partial charge in [0.05, 0.1) is 11.9 Å². The molecule has 0 aromatic heterocycles. The van der Waals surface area contributed by atoms with Crippen LogP contribution in [0.3, 0.4) is 0 Å². The summed E-state index contributed by atoms with van der Waals surface area (Å²) in [6, 6.07) is 8.80. The van der Waals surface area contributed by atoms with Crippen molar-refractivity contribution in [1.29, 1.82) is 0 Å². The molecule has 0 aliphatic heterocycles. The van der Waals surface area contributed by atoms with Gasteiger partial charge in [-0.3, -0.25) is 9.10 Å². The number of halogens is 3. The predicted octanol–water partition coefficient (Wildman–Crippen LogP) is 3.60. The Morgan fingerprint density at radius 3 is 2.50 bits per heavy atom. The summed E-state index contributed by atoms with van der Waals surface area (Å²) in [5.41, 5.74) is 0.702. The topological polar surface area (TPSA) is 66.5 Å². The van der Waals surface area contributed by atoms with E-state index in [1.165, 1.54) is 25.1 Å². The lowest BCUT2D eigenvalue weighted by molar-refractivity contribution is -0.122. The molecule has 140 valence electrons. The van der Waals surface area contributed by atoms with Crippen LogP contribution in [-0.4, -0.2) is 26.6 Å². The van der Waals surface area contributed by atoms with Gasteiger partial charge in [0.1, 0.15) is 11.9 Å². The molecule has 0 aliphatic carbocycles. The third-order valence-electron chi connectivity index (χ3n) is 3.62. The molecular weight excluding hydrogens is 402 g/mol. The molecule has 0 saturated heterocycles. The van der Waals surface area contributed by atoms with Gasteiger partial charge in [0.25, 0.3) is 0 Å². The first-order valence-corrected chi connectivity index (χ1v) is 10.2. The van der Waals surface area contributed by atoms with Crippen molar-refractivity contribution in [3.05, 3.63) is 63.9 Å². The Labute approximate surface area is 161 Å². The molecule has 0 aliphatic rings. The molecule has 0 heterocycles. The van der Waals surface area contributed by atoms with Gasteiger partial charge in [0.2, 0.25) is 15.9 Å². The van der Waals surface area contributed by atoms with Crippen LogP contribution in [0.15, 0.2) is 42.5 Å². The molecule has 5 nitrogen and oxygen atoms in total. The number of nitrogens with zero attached hydrogens (tertiary/aromatic N) is 1. The van der Waals surface area contributed by atoms with Gasteiger partial charge >= 0.3 is 0 Å². The Balaban J connectivity index is 2.20. The second-order valence-corrected chi connectivity index (χ2v) is 8.37. The summed E-state index contributed by atoms with van der Waals surface area (Å²) in [5, 5.41) is 3.48. The van der Waals surface area contributed by atoms with Gasteiger partial charge in [-0.1, -0.05) is 35.3 Å². The van der Waals surface area contributed by atoms with E-state index >= 15 is 0 Å². The number of benzene rings is 2. The molecule has 2 rings (SSSR count). The summed E-state index contributed by atoms with van der Waals surface area (Å²) in [7, 11) is -3.81. The van der Waals surface area contributed by atoms with Gasteiger partial charge in [-0.2, -0.15) is 0 Å². The first kappa shape index (κ1) is 20.5. The maximum Gasteiger partial charge on any atom is 0.243 e. The van der Waals surface area contributed by atoms with Crippen LogP contribution < -0.4 is 9.62 Å². The van der Waals surface area contributed by atoms with E-state index in [4.69, 9.17) is 23.2 Å². The van der Waals surface area contributed by atoms with Crippen molar-refractivity contribution < 1.29 is 17.6 Å². The smallest absolute Gasteiger partial charge is 0.243 e. The highest BCUT2D eigenvalue weighted by atomic mass is 35.5. The fraction of sp³-hybridized carbons (Fsp3) is 0.235. The van der Waals surface area contributed by atoms with Crippen molar-refractivity contribution in [2.45, 2.75) is 19.5 Å². The fourth-order valence-corrected chi connectivity index (χ4v) is 4.06. The Morgan fingerprint density at radius 2 is 1.92 bits per heavy atom. The number of anilines is 1. The third kappa shape index (κ3) is 5.09. The second-order valence-electron chi connectivity index (χ2n) is 5.67. The van der Waals surface area contributed by atoms with E-state index in [1.54, 1.807) is 18.2 Å². The Kier molecular flexibility index (Phi) is 6.49. The summed E-state index contributed by atoms with van der Waals surface area (Å²) >= 11 is 11.9. The van der Waals surface area contributed by atoms with Crippen molar-refractivity contribution >= 4 is 44.8 Å². The molecule has 0 spiro atoms. The first-order chi connectivity index (χ1) is 12.1. The molecule has 0 bridgehead atoms. The molecule has 1 atom stereocenters. The maximum absolute atomic E-state index is 13.5. The Bertz CT molecular complexity index is 922. The van der Waals surface area contributed by atoms with Crippen LogP contribution in [0.2, 0.25) is 10.0 Å². The molecule has 1 amide bonds. The quantitative estimate of drug-likeness (QED) is 0.778. The molecule has 0 radical (unpaired) electrons. The van der Waals surface area contributed by atoms with Crippen molar-refractivity contribution in [3.63, 3.8) is 0 Å². The molecule has 0 fully saturated rings. The summed E-state index contributed by atoms with van der Waals surface area (Å²) in [6.45, 7) is 1.52. The van der Waals surface area contributed by atoms with Crippen LogP contribution in [0.1, 0.15) is 12.5 Å². The first-order valence-electron chi connectivity index (χ1n) is 7.56. The highest BCUT2D eigenvalue weighted by Gasteiger charge is 2.29. The molecule has 1 unspecified atom stereocenters. The summed E-state index contributed by atoms with van der Waals surface area (Å²) in [4.78, 5) is 12.5. The van der Waals surface area contributed by atoms with Gasteiger partial charge in [-0.15, -0.1) is 0 Å². The minimum atomic E-state index is -3.81. The standard InChI is InChI=1S/C17H17Cl2FN2O3S/c1-11(17(23)21-10-12-6-7-13(18)8-16(12)19)22(26(2,24)25)15-5-3-4-14(20)9-15/h3-9,11H,10H2,1-2H3,(H,21,23). The van der Waals surface area contributed by atoms with E-state index < -0.39 is 27.8 Å². The molecular formula is C17H17Cl2FN2O3S. The van der Waals surface area contributed by atoms with Crippen LogP contribution in [0, 0.1) is 5.82 Å². The largest absolute Gasteiger partial charge is 0.350 e. The number of nitrogens with one attached hydrogen (secondary N) is 1. The van der Waals surface area contributed by atoms with Gasteiger partial charge in [0.15, 0.2) is 0 Å². The van der Waals surface area contributed by atoms with Gasteiger partial charge in [0, 0.05) is 16.6 Å². The number of amides is 1. The third-order valence-corrected chi connectivity index (χ3v) is 5.45. The summed E-state index contributed by atoms with van der Waals surface area (Å²) in [5.74, 6) is -1.15. The van der Waals surface area contributed by atoms with E-state index in [9.17, 15) is 17.6 Å². The van der Waals surface area contributed by atoms with E-state index in [-0.39, 0.29) is 12.2 Å². The molecule has 2 aromatic rings. The molecule has 2 aromatic carbocycles. The Morgan fingerprint density at radius 1 is 1.23 bits per heavy atom. The van der Waals surface area contributed by atoms with Crippen LogP contribution >= 0.6 is 23.2 Å². The molecule has 9 heteroatoms. The molecule has 0 saturated carbocycles. The van der Waals surface area contributed by atoms with E-state index in [0.717, 1.165) is 16.6 Å². The van der Waals surface area contributed by atoms with Crippen molar-refractivity contribution in [1.82, 2.24) is 5.32 Å². The number of carbonyl (C=O) groups excluding carboxylic acids is 1. The summed E-state index contributed by atoms with van der Waals surface area (Å²) in [6.07, 6.45) is 0.956. The maximum atomic E-state index is 13.5. The minimum absolute atomic E-state index is 0.0691. The summed E-state index contributed by atoms with van der Waals surface area (Å²) < 4.78 is 38.6. The monoisotopic (exact) mass is 418 g/mol. The zero-order chi connectivity index (χ0) is 19.5. The number of sulfonamides is 1. The lowest BCUT2D eigenvalue weighted by Gasteiger charge is -2.28. The van der Waals surface area contributed by atoms with Crippen LogP contribution in [-0.2, 0) is 21.4 Å². The van der Waals surface area contributed by atoms with Gasteiger partial charge in [-0.05, 0) is 42.8 Å². The normalized spacial score (nSPS) is 12.5. The van der Waals surface area contributed by atoms with Crippen LogP contribution in [0.25, 0.3) is 0 Å². The lowest BCUT2D eigenvalue weighted by Crippen LogP contribution is -2.47. The lowest BCUT2D eigenvalue weighted by atomic mass is 10.2.